The summed E-state index contributed by atoms with van der Waals surface area (Å²) in [5, 5.41) is 3.73. The number of hydrogen-bond donors (Lipinski definition) is 1. The van der Waals surface area contributed by atoms with Crippen molar-refractivity contribution in [3.63, 3.8) is 0 Å². The number of nitrogens with zero attached hydrogens (tertiary/aromatic N) is 1. The molecular formula is C17H17FN2OS. The lowest BCUT2D eigenvalue weighted by Crippen LogP contribution is -2.32. The highest BCUT2D eigenvalue weighted by molar-refractivity contribution is 7.98. The minimum absolute atomic E-state index is 0.0366. The second-order valence-corrected chi connectivity index (χ2v) is 6.33. The second kappa shape index (κ2) is 6.08. The molecule has 0 radical (unpaired) electrons. The number of nitrogens with one attached hydrogen (secondary N) is 1. The van der Waals surface area contributed by atoms with Gasteiger partial charge in [-0.15, -0.1) is 11.8 Å². The molecule has 1 N–H and O–H groups in total. The standard InChI is InChI=1S/C17H17FN2OS/c1-22-16-14(3-2-10-19-16)15(21)20-11-17(8-9-17)12-4-6-13(18)7-5-12/h2-7,10H,8-9,11H2,1H3,(H,20,21). The molecule has 0 saturated heterocycles. The molecule has 2 aromatic rings. The van der Waals surface area contributed by atoms with Crippen LogP contribution in [0.25, 0.3) is 0 Å². The molecule has 0 bridgehead atoms. The molecule has 3 rings (SSSR count). The monoisotopic (exact) mass is 316 g/mol. The zero-order chi connectivity index (χ0) is 15.6. The van der Waals surface area contributed by atoms with Gasteiger partial charge in [-0.3, -0.25) is 4.79 Å². The quantitative estimate of drug-likeness (QED) is 0.860. The van der Waals surface area contributed by atoms with Crippen LogP contribution in [0.2, 0.25) is 0 Å². The molecule has 114 valence electrons. The predicted octanol–water partition coefficient (Wildman–Crippen LogP) is 3.40. The first-order valence-corrected chi connectivity index (χ1v) is 8.40. The summed E-state index contributed by atoms with van der Waals surface area (Å²) in [7, 11) is 0. The van der Waals surface area contributed by atoms with E-state index < -0.39 is 0 Å². The highest BCUT2D eigenvalue weighted by Crippen LogP contribution is 2.47. The molecule has 1 aliphatic rings. The van der Waals surface area contributed by atoms with Crippen LogP contribution >= 0.6 is 11.8 Å². The number of amides is 1. The first kappa shape index (κ1) is 15.0. The van der Waals surface area contributed by atoms with Gasteiger partial charge >= 0.3 is 0 Å². The number of aromatic nitrogens is 1. The Hall–Kier alpha value is -1.88. The molecule has 0 aliphatic heterocycles. The normalized spacial score (nSPS) is 15.4. The molecule has 1 aliphatic carbocycles. The summed E-state index contributed by atoms with van der Waals surface area (Å²) >= 11 is 1.46. The number of thioether (sulfide) groups is 1. The van der Waals surface area contributed by atoms with Crippen LogP contribution in [0.3, 0.4) is 0 Å². The van der Waals surface area contributed by atoms with E-state index in [9.17, 15) is 9.18 Å². The van der Waals surface area contributed by atoms with E-state index in [2.05, 4.69) is 10.3 Å². The molecule has 1 amide bonds. The fraction of sp³-hybridized carbons (Fsp3) is 0.294. The van der Waals surface area contributed by atoms with Gasteiger partial charge < -0.3 is 5.32 Å². The zero-order valence-corrected chi connectivity index (χ0v) is 13.1. The number of benzene rings is 1. The summed E-state index contributed by atoms with van der Waals surface area (Å²) < 4.78 is 13.0. The first-order chi connectivity index (χ1) is 10.6. The van der Waals surface area contributed by atoms with Gasteiger partial charge in [-0.2, -0.15) is 0 Å². The van der Waals surface area contributed by atoms with Crippen LogP contribution in [0, 0.1) is 5.82 Å². The molecule has 3 nitrogen and oxygen atoms in total. The Morgan fingerprint density at radius 3 is 2.68 bits per heavy atom. The Morgan fingerprint density at radius 1 is 1.32 bits per heavy atom. The van der Waals surface area contributed by atoms with Crippen LogP contribution < -0.4 is 5.32 Å². The average Bonchev–Trinajstić information content (AvgIpc) is 3.34. The van der Waals surface area contributed by atoms with Crippen molar-refractivity contribution in [2.45, 2.75) is 23.3 Å². The summed E-state index contributed by atoms with van der Waals surface area (Å²) in [6, 6.07) is 10.1. The fourth-order valence-electron chi connectivity index (χ4n) is 2.59. The van der Waals surface area contributed by atoms with Gasteiger partial charge in [-0.1, -0.05) is 12.1 Å². The van der Waals surface area contributed by atoms with Crippen LogP contribution in [0.15, 0.2) is 47.6 Å². The van der Waals surface area contributed by atoms with Gasteiger partial charge in [-0.05, 0) is 48.9 Å². The van der Waals surface area contributed by atoms with Crippen molar-refractivity contribution in [3.8, 4) is 0 Å². The SMILES string of the molecule is CSc1ncccc1C(=O)NCC1(c2ccc(F)cc2)CC1. The second-order valence-electron chi connectivity index (χ2n) is 5.53. The Bertz CT molecular complexity index is 683. The first-order valence-electron chi connectivity index (χ1n) is 7.18. The van der Waals surface area contributed by atoms with Crippen molar-refractivity contribution < 1.29 is 9.18 Å². The topological polar surface area (TPSA) is 42.0 Å². The maximum Gasteiger partial charge on any atom is 0.254 e. The number of carbonyl (C=O) groups excluding carboxylic acids is 1. The number of carbonyl (C=O) groups is 1. The van der Waals surface area contributed by atoms with Crippen molar-refractivity contribution in [1.29, 1.82) is 0 Å². The lowest BCUT2D eigenvalue weighted by Gasteiger charge is -2.17. The number of pyridine rings is 1. The number of rotatable bonds is 5. The molecule has 1 aromatic heterocycles. The van der Waals surface area contributed by atoms with Crippen molar-refractivity contribution in [3.05, 3.63) is 59.5 Å². The van der Waals surface area contributed by atoms with Gasteiger partial charge in [-0.25, -0.2) is 9.37 Å². The van der Waals surface area contributed by atoms with Gasteiger partial charge in [0.2, 0.25) is 0 Å². The van der Waals surface area contributed by atoms with Gasteiger partial charge in [0.15, 0.2) is 0 Å². The lowest BCUT2D eigenvalue weighted by atomic mass is 9.96. The van der Waals surface area contributed by atoms with E-state index in [0.29, 0.717) is 12.1 Å². The van der Waals surface area contributed by atoms with E-state index in [4.69, 9.17) is 0 Å². The third kappa shape index (κ3) is 2.99. The minimum Gasteiger partial charge on any atom is -0.351 e. The summed E-state index contributed by atoms with van der Waals surface area (Å²) in [5.41, 5.74) is 1.65. The molecular weight excluding hydrogens is 299 g/mol. The predicted molar refractivity (Wildman–Crippen MR) is 85.7 cm³/mol. The molecule has 0 spiro atoms. The van der Waals surface area contributed by atoms with Gasteiger partial charge in [0.05, 0.1) is 5.56 Å². The van der Waals surface area contributed by atoms with Crippen LogP contribution in [-0.2, 0) is 5.41 Å². The van der Waals surface area contributed by atoms with Gasteiger partial charge in [0.25, 0.3) is 5.91 Å². The van der Waals surface area contributed by atoms with Crippen molar-refractivity contribution in [1.82, 2.24) is 10.3 Å². The van der Waals surface area contributed by atoms with Crippen molar-refractivity contribution >= 4 is 17.7 Å². The minimum atomic E-state index is -0.233. The van der Waals surface area contributed by atoms with Crippen LogP contribution in [0.1, 0.15) is 28.8 Å². The fourth-order valence-corrected chi connectivity index (χ4v) is 3.14. The Labute approximate surface area is 133 Å². The van der Waals surface area contributed by atoms with E-state index in [-0.39, 0.29) is 17.1 Å². The molecule has 1 heterocycles. The number of halogens is 1. The summed E-state index contributed by atoms with van der Waals surface area (Å²) in [6.07, 6.45) is 5.62. The summed E-state index contributed by atoms with van der Waals surface area (Å²) in [6.45, 7) is 0.570. The Kier molecular flexibility index (Phi) is 4.16. The van der Waals surface area contributed by atoms with Crippen molar-refractivity contribution in [2.24, 2.45) is 0 Å². The molecule has 22 heavy (non-hydrogen) atoms. The maximum atomic E-state index is 13.0. The summed E-state index contributed by atoms with van der Waals surface area (Å²) in [4.78, 5) is 16.6. The molecule has 1 aromatic carbocycles. The molecule has 1 fully saturated rings. The Morgan fingerprint density at radius 2 is 2.05 bits per heavy atom. The highest BCUT2D eigenvalue weighted by Gasteiger charge is 2.44. The maximum absolute atomic E-state index is 13.0. The molecule has 0 unspecified atom stereocenters. The van der Waals surface area contributed by atoms with Crippen LogP contribution in [-0.4, -0.2) is 23.7 Å². The van der Waals surface area contributed by atoms with Crippen LogP contribution in [0.5, 0.6) is 0 Å². The smallest absolute Gasteiger partial charge is 0.254 e. The van der Waals surface area contributed by atoms with Crippen LogP contribution in [0.4, 0.5) is 4.39 Å². The van der Waals surface area contributed by atoms with E-state index in [1.54, 1.807) is 18.3 Å². The molecule has 5 heteroatoms. The third-order valence-electron chi connectivity index (χ3n) is 4.11. The summed E-state index contributed by atoms with van der Waals surface area (Å²) in [5.74, 6) is -0.339. The highest BCUT2D eigenvalue weighted by atomic mass is 32.2. The lowest BCUT2D eigenvalue weighted by molar-refractivity contribution is 0.0946. The largest absolute Gasteiger partial charge is 0.351 e. The molecule has 1 saturated carbocycles. The number of hydrogen-bond acceptors (Lipinski definition) is 3. The van der Waals surface area contributed by atoms with E-state index in [1.165, 1.54) is 23.9 Å². The van der Waals surface area contributed by atoms with E-state index in [1.807, 2.05) is 18.4 Å². The third-order valence-corrected chi connectivity index (χ3v) is 4.82. The van der Waals surface area contributed by atoms with Crippen molar-refractivity contribution in [2.75, 3.05) is 12.8 Å². The zero-order valence-electron chi connectivity index (χ0n) is 12.3. The Balaban J connectivity index is 1.69. The average molecular weight is 316 g/mol. The van der Waals surface area contributed by atoms with E-state index >= 15 is 0 Å². The van der Waals surface area contributed by atoms with Gasteiger partial charge in [0, 0.05) is 18.2 Å². The molecule has 0 atom stereocenters. The van der Waals surface area contributed by atoms with E-state index in [0.717, 1.165) is 23.4 Å². The van der Waals surface area contributed by atoms with Gasteiger partial charge in [0.1, 0.15) is 10.8 Å².